The van der Waals surface area contributed by atoms with Crippen LogP contribution in [0.3, 0.4) is 0 Å². The number of hydrogen-bond acceptors (Lipinski definition) is 4. The summed E-state index contributed by atoms with van der Waals surface area (Å²) in [5.74, 6) is -0.246. The van der Waals surface area contributed by atoms with E-state index in [2.05, 4.69) is 4.98 Å². The van der Waals surface area contributed by atoms with Crippen molar-refractivity contribution >= 4 is 16.2 Å². The number of aromatic hydroxyl groups is 1. The lowest BCUT2D eigenvalue weighted by Crippen LogP contribution is -2.17. The van der Waals surface area contributed by atoms with Crippen molar-refractivity contribution in [3.05, 3.63) is 32.1 Å². The number of nitrogens with one attached hydrogen (secondary N) is 1. The van der Waals surface area contributed by atoms with Gasteiger partial charge < -0.3 is 10.1 Å². The van der Waals surface area contributed by atoms with Crippen LogP contribution < -0.4 is 5.56 Å². The minimum absolute atomic E-state index is 0.101. The molecule has 7 heteroatoms. The highest BCUT2D eigenvalue weighted by atomic mass is 32.2. The van der Waals surface area contributed by atoms with Crippen molar-refractivity contribution in [1.82, 2.24) is 4.98 Å². The summed E-state index contributed by atoms with van der Waals surface area (Å²) in [5.41, 5.74) is 0.452. The summed E-state index contributed by atoms with van der Waals surface area (Å²) in [5, 5.41) is 9.77. The van der Waals surface area contributed by atoms with Crippen molar-refractivity contribution in [2.24, 2.45) is 0 Å². The zero-order valence-corrected chi connectivity index (χ0v) is 9.84. The van der Waals surface area contributed by atoms with Crippen LogP contribution in [0.25, 0.3) is 6.08 Å². The summed E-state index contributed by atoms with van der Waals surface area (Å²) in [7, 11) is -4.25. The fourth-order valence-corrected chi connectivity index (χ4v) is 2.41. The van der Waals surface area contributed by atoms with Crippen molar-refractivity contribution in [1.29, 1.82) is 0 Å². The molecule has 0 saturated carbocycles. The van der Waals surface area contributed by atoms with E-state index in [1.807, 2.05) is 0 Å². The molecule has 1 heterocycles. The summed E-state index contributed by atoms with van der Waals surface area (Å²) in [4.78, 5) is 13.8. The fourth-order valence-electron chi connectivity index (χ4n) is 1.79. The molecule has 0 bridgehead atoms. The van der Waals surface area contributed by atoms with Gasteiger partial charge in [-0.1, -0.05) is 0 Å². The molecule has 6 nitrogen and oxygen atoms in total. The lowest BCUT2D eigenvalue weighted by Gasteiger charge is -2.16. The molecule has 1 aromatic rings. The molecule has 0 atom stereocenters. The molecule has 0 radical (unpaired) electrons. The van der Waals surface area contributed by atoms with E-state index in [1.165, 1.54) is 13.0 Å². The Hall–Kier alpha value is -1.60. The Morgan fingerprint density at radius 1 is 1.35 bits per heavy atom. The second kappa shape index (κ2) is 3.71. The van der Waals surface area contributed by atoms with Gasteiger partial charge >= 0.3 is 0 Å². The van der Waals surface area contributed by atoms with E-state index in [-0.39, 0.29) is 34.6 Å². The van der Waals surface area contributed by atoms with Crippen molar-refractivity contribution in [3.63, 3.8) is 0 Å². The van der Waals surface area contributed by atoms with Gasteiger partial charge in [0.05, 0.1) is 10.5 Å². The number of aryl methyl sites for hydroxylation is 1. The average Bonchev–Trinajstić information content (AvgIpc) is 2.24. The molecule has 0 unspecified atom stereocenters. The molecule has 1 aromatic heterocycles. The van der Waals surface area contributed by atoms with Crippen LogP contribution in [-0.4, -0.2) is 23.1 Å². The Bertz CT molecular complexity index is 669. The van der Waals surface area contributed by atoms with E-state index in [0.717, 1.165) is 0 Å². The molecule has 1 aliphatic carbocycles. The van der Waals surface area contributed by atoms with E-state index in [9.17, 15) is 18.3 Å². The quantitative estimate of drug-likeness (QED) is 0.637. The monoisotopic (exact) mass is 257 g/mol. The van der Waals surface area contributed by atoms with E-state index in [0.29, 0.717) is 5.69 Å². The third-order valence-electron chi connectivity index (χ3n) is 2.80. The van der Waals surface area contributed by atoms with Crippen molar-refractivity contribution < 1.29 is 18.1 Å². The minimum Gasteiger partial charge on any atom is -0.507 e. The number of H-pyrrole nitrogens is 1. The summed E-state index contributed by atoms with van der Waals surface area (Å²) >= 11 is 0. The molecule has 1 aliphatic rings. The predicted molar refractivity (Wildman–Crippen MR) is 61.3 cm³/mol. The summed E-state index contributed by atoms with van der Waals surface area (Å²) in [6, 6.07) is 0. The number of fused-ring (bicyclic) bond motifs is 1. The molecule has 92 valence electrons. The van der Waals surface area contributed by atoms with E-state index in [1.54, 1.807) is 0 Å². The molecular formula is C10H11NO5S. The standard InChI is InChI=1S/C10H11NO5S/c1-5-9(12)7-4-6(17(14,15)16)2-3-8(7)11-10(5)13/h4H,2-3H2,1H3,(H2,11,12,13)(H,14,15,16). The molecule has 0 amide bonds. The number of pyridine rings is 1. The van der Waals surface area contributed by atoms with Gasteiger partial charge in [-0.25, -0.2) is 0 Å². The van der Waals surface area contributed by atoms with E-state index in [4.69, 9.17) is 4.55 Å². The second-order valence-corrected chi connectivity index (χ2v) is 5.38. The molecule has 0 saturated heterocycles. The van der Waals surface area contributed by atoms with Crippen molar-refractivity contribution in [2.75, 3.05) is 0 Å². The number of aromatic nitrogens is 1. The molecule has 0 aromatic carbocycles. The normalized spacial score (nSPS) is 15.3. The van der Waals surface area contributed by atoms with Gasteiger partial charge in [-0.2, -0.15) is 8.42 Å². The predicted octanol–water partition coefficient (Wildman–Crippen LogP) is 0.564. The van der Waals surface area contributed by atoms with Gasteiger partial charge in [-0.15, -0.1) is 0 Å². The van der Waals surface area contributed by atoms with Gasteiger partial charge in [-0.05, 0) is 25.8 Å². The van der Waals surface area contributed by atoms with Gasteiger partial charge in [0.25, 0.3) is 15.7 Å². The maximum Gasteiger partial charge on any atom is 0.290 e. The fraction of sp³-hybridized carbons (Fsp3) is 0.300. The summed E-state index contributed by atoms with van der Waals surface area (Å²) in [6.07, 6.45) is 1.54. The van der Waals surface area contributed by atoms with E-state index >= 15 is 0 Å². The van der Waals surface area contributed by atoms with Gasteiger partial charge in [0.15, 0.2) is 0 Å². The Balaban J connectivity index is 2.71. The van der Waals surface area contributed by atoms with Crippen LogP contribution in [0.1, 0.15) is 23.2 Å². The van der Waals surface area contributed by atoms with Crippen molar-refractivity contribution in [3.8, 4) is 5.75 Å². The van der Waals surface area contributed by atoms with Gasteiger partial charge in [0.2, 0.25) is 0 Å². The number of allylic oxidation sites excluding steroid dienone is 1. The first-order valence-corrected chi connectivity index (χ1v) is 6.37. The zero-order valence-electron chi connectivity index (χ0n) is 9.02. The molecular weight excluding hydrogens is 246 g/mol. The SMILES string of the molecule is Cc1c(O)c2c([nH]c1=O)CCC(S(=O)(=O)O)=C2. The average molecular weight is 257 g/mol. The number of rotatable bonds is 1. The van der Waals surface area contributed by atoms with Crippen molar-refractivity contribution in [2.45, 2.75) is 19.8 Å². The largest absolute Gasteiger partial charge is 0.507 e. The molecule has 0 spiro atoms. The summed E-state index contributed by atoms with van der Waals surface area (Å²) in [6.45, 7) is 1.43. The second-order valence-electron chi connectivity index (χ2n) is 3.91. The maximum absolute atomic E-state index is 11.4. The smallest absolute Gasteiger partial charge is 0.290 e. The highest BCUT2D eigenvalue weighted by Gasteiger charge is 2.23. The van der Waals surface area contributed by atoms with Crippen LogP contribution in [0.5, 0.6) is 5.75 Å². The van der Waals surface area contributed by atoms with Gasteiger partial charge in [0.1, 0.15) is 5.75 Å². The molecule has 0 fully saturated rings. The van der Waals surface area contributed by atoms with E-state index < -0.39 is 15.7 Å². The molecule has 2 rings (SSSR count). The maximum atomic E-state index is 11.4. The topological polar surface area (TPSA) is 107 Å². The first-order valence-electron chi connectivity index (χ1n) is 4.93. The Morgan fingerprint density at radius 3 is 2.59 bits per heavy atom. The minimum atomic E-state index is -4.25. The molecule has 0 aliphatic heterocycles. The van der Waals surface area contributed by atoms with Crippen LogP contribution in [0.4, 0.5) is 0 Å². The van der Waals surface area contributed by atoms with Crippen LogP contribution in [0, 0.1) is 6.92 Å². The molecule has 17 heavy (non-hydrogen) atoms. The number of aromatic amines is 1. The zero-order chi connectivity index (χ0) is 12.8. The lowest BCUT2D eigenvalue weighted by atomic mass is 10.00. The highest BCUT2D eigenvalue weighted by molar-refractivity contribution is 7.90. The van der Waals surface area contributed by atoms with Crippen LogP contribution in [0.2, 0.25) is 0 Å². The lowest BCUT2D eigenvalue weighted by molar-refractivity contribution is 0.465. The first kappa shape index (κ1) is 11.9. The molecule has 3 N–H and O–H groups in total. The van der Waals surface area contributed by atoms with Crippen LogP contribution in [0.15, 0.2) is 9.70 Å². The van der Waals surface area contributed by atoms with Crippen LogP contribution >= 0.6 is 0 Å². The van der Waals surface area contributed by atoms with Gasteiger partial charge in [-0.3, -0.25) is 9.35 Å². The highest BCUT2D eigenvalue weighted by Crippen LogP contribution is 2.31. The Labute approximate surface area is 97.4 Å². The third kappa shape index (κ3) is 1.98. The Kier molecular flexibility index (Phi) is 2.59. The number of hydrogen-bond donors (Lipinski definition) is 3. The van der Waals surface area contributed by atoms with Gasteiger partial charge in [0, 0.05) is 11.3 Å². The first-order chi connectivity index (χ1) is 7.80. The Morgan fingerprint density at radius 2 is 2.00 bits per heavy atom. The van der Waals surface area contributed by atoms with Crippen LogP contribution in [-0.2, 0) is 16.5 Å². The third-order valence-corrected chi connectivity index (χ3v) is 3.78. The summed E-state index contributed by atoms with van der Waals surface area (Å²) < 4.78 is 30.9.